The minimum atomic E-state index is -4.79. The molecule has 0 saturated carbocycles. The number of ether oxygens (including phenoxy) is 1. The van der Waals surface area contributed by atoms with Crippen molar-refractivity contribution in [1.29, 1.82) is 0 Å². The van der Waals surface area contributed by atoms with Crippen LogP contribution < -0.4 is 4.74 Å². The van der Waals surface area contributed by atoms with Crippen LogP contribution in [0.4, 0.5) is 13.2 Å². The molecule has 0 radical (unpaired) electrons. The lowest BCUT2D eigenvalue weighted by atomic mass is 10.1. The van der Waals surface area contributed by atoms with Gasteiger partial charge in [-0.15, -0.1) is 13.2 Å². The summed E-state index contributed by atoms with van der Waals surface area (Å²) in [5.74, 6) is -0.427. The molecule has 0 aromatic heterocycles. The summed E-state index contributed by atoms with van der Waals surface area (Å²) in [7, 11) is -3.68. The summed E-state index contributed by atoms with van der Waals surface area (Å²) in [5.41, 5.74) is 0.266. The molecule has 0 N–H and O–H groups in total. The standard InChI is InChI=1S/C10H11F3O4S/c1-7(17-18(2,14)15)8-4-3-5-9(6-8)16-10(11,12)13/h3-7H,1-2H3. The van der Waals surface area contributed by atoms with E-state index in [9.17, 15) is 21.6 Å². The molecule has 0 saturated heterocycles. The highest BCUT2D eigenvalue weighted by molar-refractivity contribution is 7.86. The molecule has 0 aliphatic carbocycles. The minimum absolute atomic E-state index is 0.266. The van der Waals surface area contributed by atoms with Gasteiger partial charge in [0, 0.05) is 0 Å². The van der Waals surface area contributed by atoms with Crippen LogP contribution in [0, 0.1) is 0 Å². The van der Waals surface area contributed by atoms with Crippen molar-refractivity contribution in [2.24, 2.45) is 0 Å². The van der Waals surface area contributed by atoms with Crippen molar-refractivity contribution >= 4 is 10.1 Å². The first-order chi connectivity index (χ1) is 8.07. The molecule has 0 spiro atoms. The van der Waals surface area contributed by atoms with Crippen LogP contribution in [-0.4, -0.2) is 21.0 Å². The van der Waals surface area contributed by atoms with Crippen molar-refractivity contribution in [2.45, 2.75) is 19.4 Å². The lowest BCUT2D eigenvalue weighted by Crippen LogP contribution is -2.17. The number of hydrogen-bond donors (Lipinski definition) is 0. The monoisotopic (exact) mass is 284 g/mol. The van der Waals surface area contributed by atoms with E-state index >= 15 is 0 Å². The summed E-state index contributed by atoms with van der Waals surface area (Å²) < 4.78 is 66.1. The molecule has 1 aromatic carbocycles. The minimum Gasteiger partial charge on any atom is -0.406 e. The fourth-order valence-corrected chi connectivity index (χ4v) is 1.92. The van der Waals surface area contributed by atoms with Crippen LogP contribution in [0.1, 0.15) is 18.6 Å². The average Bonchev–Trinajstić information content (AvgIpc) is 2.12. The van der Waals surface area contributed by atoms with E-state index in [-0.39, 0.29) is 5.56 Å². The normalized spacial score (nSPS) is 14.3. The Bertz CT molecular complexity index is 510. The number of benzene rings is 1. The number of alkyl halides is 3. The van der Waals surface area contributed by atoms with Crippen molar-refractivity contribution in [3.63, 3.8) is 0 Å². The van der Waals surface area contributed by atoms with Crippen LogP contribution in [0.5, 0.6) is 5.75 Å². The van der Waals surface area contributed by atoms with Gasteiger partial charge >= 0.3 is 6.36 Å². The lowest BCUT2D eigenvalue weighted by molar-refractivity contribution is -0.274. The number of halogens is 3. The van der Waals surface area contributed by atoms with Crippen molar-refractivity contribution in [3.8, 4) is 5.75 Å². The molecule has 1 rings (SSSR count). The van der Waals surface area contributed by atoms with E-state index < -0.39 is 28.3 Å². The molecule has 0 fully saturated rings. The van der Waals surface area contributed by atoms with E-state index in [2.05, 4.69) is 8.92 Å². The van der Waals surface area contributed by atoms with E-state index in [0.29, 0.717) is 0 Å². The second-order valence-corrected chi connectivity index (χ2v) is 5.16. The predicted molar refractivity (Wildman–Crippen MR) is 57.5 cm³/mol. The number of rotatable bonds is 4. The summed E-state index contributed by atoms with van der Waals surface area (Å²) in [6.07, 6.45) is -4.82. The molecular formula is C10H11F3O4S. The zero-order chi connectivity index (χ0) is 14.0. The summed E-state index contributed by atoms with van der Waals surface area (Å²) in [5, 5.41) is 0. The van der Waals surface area contributed by atoms with Crippen LogP contribution in [0.3, 0.4) is 0 Å². The second kappa shape index (κ2) is 5.15. The maximum absolute atomic E-state index is 12.0. The van der Waals surface area contributed by atoms with E-state index in [4.69, 9.17) is 0 Å². The Labute approximate surface area is 102 Å². The first kappa shape index (κ1) is 14.8. The summed E-state index contributed by atoms with van der Waals surface area (Å²) in [4.78, 5) is 0. The Balaban J connectivity index is 2.88. The van der Waals surface area contributed by atoms with Crippen molar-refractivity contribution in [2.75, 3.05) is 6.26 Å². The topological polar surface area (TPSA) is 52.6 Å². The summed E-state index contributed by atoms with van der Waals surface area (Å²) in [6.45, 7) is 1.41. The van der Waals surface area contributed by atoms with Crippen molar-refractivity contribution in [1.82, 2.24) is 0 Å². The Morgan fingerprint density at radius 3 is 2.39 bits per heavy atom. The molecule has 8 heteroatoms. The Kier molecular flexibility index (Phi) is 4.23. The van der Waals surface area contributed by atoms with Crippen LogP contribution in [-0.2, 0) is 14.3 Å². The largest absolute Gasteiger partial charge is 0.573 e. The summed E-state index contributed by atoms with van der Waals surface area (Å²) >= 11 is 0. The molecule has 1 unspecified atom stereocenters. The van der Waals surface area contributed by atoms with Crippen LogP contribution in [0.2, 0.25) is 0 Å². The van der Waals surface area contributed by atoms with Crippen LogP contribution in [0.25, 0.3) is 0 Å². The smallest absolute Gasteiger partial charge is 0.406 e. The maximum atomic E-state index is 12.0. The fourth-order valence-electron chi connectivity index (χ4n) is 1.28. The number of hydrogen-bond acceptors (Lipinski definition) is 4. The first-order valence-corrected chi connectivity index (χ1v) is 6.62. The Morgan fingerprint density at radius 1 is 1.28 bits per heavy atom. The first-order valence-electron chi connectivity index (χ1n) is 4.81. The molecule has 0 amide bonds. The predicted octanol–water partition coefficient (Wildman–Crippen LogP) is 2.62. The van der Waals surface area contributed by atoms with Gasteiger partial charge in [0.2, 0.25) is 0 Å². The molecule has 18 heavy (non-hydrogen) atoms. The maximum Gasteiger partial charge on any atom is 0.573 e. The summed E-state index contributed by atoms with van der Waals surface area (Å²) in [6, 6.07) is 4.95. The lowest BCUT2D eigenvalue weighted by Gasteiger charge is -2.14. The fraction of sp³-hybridized carbons (Fsp3) is 0.400. The van der Waals surface area contributed by atoms with E-state index in [0.717, 1.165) is 18.4 Å². The Morgan fingerprint density at radius 2 is 1.89 bits per heavy atom. The van der Waals surface area contributed by atoms with Gasteiger partial charge in [-0.05, 0) is 24.6 Å². The molecule has 1 atom stereocenters. The van der Waals surface area contributed by atoms with Gasteiger partial charge in [-0.2, -0.15) is 8.42 Å². The highest BCUT2D eigenvalue weighted by atomic mass is 32.2. The highest BCUT2D eigenvalue weighted by Gasteiger charge is 2.31. The highest BCUT2D eigenvalue weighted by Crippen LogP contribution is 2.27. The molecule has 4 nitrogen and oxygen atoms in total. The van der Waals surface area contributed by atoms with Crippen LogP contribution in [0.15, 0.2) is 24.3 Å². The second-order valence-electron chi connectivity index (χ2n) is 3.56. The quantitative estimate of drug-likeness (QED) is 0.797. The van der Waals surface area contributed by atoms with Gasteiger partial charge < -0.3 is 4.74 Å². The van der Waals surface area contributed by atoms with Gasteiger partial charge in [-0.25, -0.2) is 0 Å². The van der Waals surface area contributed by atoms with Crippen LogP contribution >= 0.6 is 0 Å². The molecule has 0 aliphatic heterocycles. The van der Waals surface area contributed by atoms with E-state index in [1.54, 1.807) is 0 Å². The third kappa shape index (κ3) is 5.37. The Hall–Kier alpha value is -1.28. The SMILES string of the molecule is CC(OS(C)(=O)=O)c1cccc(OC(F)(F)F)c1. The molecule has 0 bridgehead atoms. The van der Waals surface area contributed by atoms with Gasteiger partial charge in [0.15, 0.2) is 0 Å². The van der Waals surface area contributed by atoms with E-state index in [1.165, 1.54) is 19.1 Å². The molecule has 0 aliphatic rings. The third-order valence-electron chi connectivity index (χ3n) is 1.88. The van der Waals surface area contributed by atoms with Gasteiger partial charge in [0.25, 0.3) is 10.1 Å². The van der Waals surface area contributed by atoms with Crippen molar-refractivity contribution in [3.05, 3.63) is 29.8 Å². The zero-order valence-corrected chi connectivity index (χ0v) is 10.4. The molecule has 0 heterocycles. The molecule has 102 valence electrons. The van der Waals surface area contributed by atoms with Gasteiger partial charge in [-0.3, -0.25) is 4.18 Å². The van der Waals surface area contributed by atoms with Gasteiger partial charge in [0.1, 0.15) is 5.75 Å². The van der Waals surface area contributed by atoms with E-state index in [1.807, 2.05) is 0 Å². The molecular weight excluding hydrogens is 273 g/mol. The molecule has 1 aromatic rings. The van der Waals surface area contributed by atoms with Gasteiger partial charge in [-0.1, -0.05) is 12.1 Å². The van der Waals surface area contributed by atoms with Gasteiger partial charge in [0.05, 0.1) is 12.4 Å². The third-order valence-corrected chi connectivity index (χ3v) is 2.52. The van der Waals surface area contributed by atoms with Crippen molar-refractivity contribution < 1.29 is 30.5 Å². The average molecular weight is 284 g/mol. The zero-order valence-electron chi connectivity index (χ0n) is 9.56.